The third kappa shape index (κ3) is 4.79. The fourth-order valence-electron chi connectivity index (χ4n) is 2.29. The van der Waals surface area contributed by atoms with Crippen LogP contribution in [0.1, 0.15) is 13.3 Å². The van der Waals surface area contributed by atoms with Crippen molar-refractivity contribution in [2.75, 3.05) is 13.2 Å². The molecule has 0 saturated carbocycles. The normalized spacial score (nSPS) is 37.2. The molecule has 0 aromatic carbocycles. The van der Waals surface area contributed by atoms with Crippen LogP contribution >= 0.6 is 0 Å². The van der Waals surface area contributed by atoms with E-state index in [0.717, 1.165) is 0 Å². The Kier molecular flexibility index (Phi) is 8.24. The Hall–Kier alpha value is -0.400. The zero-order valence-electron chi connectivity index (χ0n) is 12.7. The molecule has 0 amide bonds. The number of rotatable bonds is 8. The molecule has 0 spiro atoms. The van der Waals surface area contributed by atoms with E-state index in [4.69, 9.17) is 19.7 Å². The van der Waals surface area contributed by atoms with Crippen LogP contribution in [0, 0.1) is 0 Å². The van der Waals surface area contributed by atoms with Gasteiger partial charge in [0.15, 0.2) is 6.29 Å². The Balaban J connectivity index is 2.89. The molecule has 10 nitrogen and oxygen atoms in total. The summed E-state index contributed by atoms with van der Waals surface area (Å²) in [5, 5.41) is 76.6. The van der Waals surface area contributed by atoms with Crippen LogP contribution in [0.5, 0.6) is 0 Å². The highest BCUT2D eigenvalue weighted by Gasteiger charge is 2.46. The van der Waals surface area contributed by atoms with Crippen molar-refractivity contribution < 1.29 is 50.3 Å². The number of aliphatic hydroxyl groups excluding tert-OH is 8. The zero-order valence-corrected chi connectivity index (χ0v) is 12.7. The third-order valence-electron chi connectivity index (χ3n) is 3.86. The van der Waals surface area contributed by atoms with Crippen molar-refractivity contribution in [3.63, 3.8) is 0 Å². The van der Waals surface area contributed by atoms with Gasteiger partial charge in [-0.1, -0.05) is 6.92 Å². The minimum atomic E-state index is -1.71. The van der Waals surface area contributed by atoms with Crippen molar-refractivity contribution in [2.45, 2.75) is 68.5 Å². The lowest BCUT2D eigenvalue weighted by molar-refractivity contribution is -0.326. The summed E-state index contributed by atoms with van der Waals surface area (Å²) in [5.41, 5.74) is 0. The molecule has 1 saturated heterocycles. The van der Waals surface area contributed by atoms with Crippen molar-refractivity contribution in [3.8, 4) is 0 Å². The molecule has 9 atom stereocenters. The van der Waals surface area contributed by atoms with Gasteiger partial charge in [-0.15, -0.1) is 0 Å². The van der Waals surface area contributed by atoms with Gasteiger partial charge in [0.25, 0.3) is 0 Å². The summed E-state index contributed by atoms with van der Waals surface area (Å²) in [7, 11) is 0. The molecule has 0 aromatic rings. The molecule has 8 N–H and O–H groups in total. The molecule has 138 valence electrons. The lowest BCUT2D eigenvalue weighted by Gasteiger charge is -2.42. The van der Waals surface area contributed by atoms with E-state index in [1.807, 2.05) is 0 Å². The third-order valence-corrected chi connectivity index (χ3v) is 3.86. The monoisotopic (exact) mass is 342 g/mol. The average molecular weight is 342 g/mol. The van der Waals surface area contributed by atoms with Crippen molar-refractivity contribution >= 4 is 0 Å². The first kappa shape index (κ1) is 20.6. The van der Waals surface area contributed by atoms with E-state index in [9.17, 15) is 30.6 Å². The number of hydrogen-bond acceptors (Lipinski definition) is 10. The van der Waals surface area contributed by atoms with Crippen molar-refractivity contribution in [1.29, 1.82) is 0 Å². The van der Waals surface area contributed by atoms with E-state index < -0.39 is 68.3 Å². The van der Waals surface area contributed by atoms with E-state index in [1.165, 1.54) is 0 Å². The fraction of sp³-hybridized carbons (Fsp3) is 1.00. The quantitative estimate of drug-likeness (QED) is 0.215. The topological polar surface area (TPSA) is 180 Å². The Morgan fingerprint density at radius 3 is 2.04 bits per heavy atom. The van der Waals surface area contributed by atoms with E-state index in [0.29, 0.717) is 0 Å². The molecule has 1 rings (SSSR count). The molecule has 0 bridgehead atoms. The van der Waals surface area contributed by atoms with Crippen LogP contribution < -0.4 is 0 Å². The number of ether oxygens (including phenoxy) is 2. The molecule has 1 aliphatic heterocycles. The van der Waals surface area contributed by atoms with Gasteiger partial charge in [0.05, 0.1) is 19.3 Å². The summed E-state index contributed by atoms with van der Waals surface area (Å²) >= 11 is 0. The Morgan fingerprint density at radius 2 is 1.57 bits per heavy atom. The molecule has 23 heavy (non-hydrogen) atoms. The van der Waals surface area contributed by atoms with Crippen LogP contribution in [0.15, 0.2) is 0 Å². The van der Waals surface area contributed by atoms with Crippen molar-refractivity contribution in [3.05, 3.63) is 0 Å². The molecule has 0 aliphatic carbocycles. The average Bonchev–Trinajstić information content (AvgIpc) is 2.57. The highest BCUT2D eigenvalue weighted by atomic mass is 16.7. The second-order valence-corrected chi connectivity index (χ2v) is 5.51. The summed E-state index contributed by atoms with van der Waals surface area (Å²) in [4.78, 5) is 0. The van der Waals surface area contributed by atoms with Crippen LogP contribution in [0.3, 0.4) is 0 Å². The first-order valence-electron chi connectivity index (χ1n) is 7.39. The largest absolute Gasteiger partial charge is 0.394 e. The maximum Gasteiger partial charge on any atom is 0.187 e. The van der Waals surface area contributed by atoms with Gasteiger partial charge in [-0.2, -0.15) is 0 Å². The predicted molar refractivity (Wildman–Crippen MR) is 74.0 cm³/mol. The van der Waals surface area contributed by atoms with E-state index in [-0.39, 0.29) is 6.42 Å². The van der Waals surface area contributed by atoms with Crippen molar-refractivity contribution in [1.82, 2.24) is 0 Å². The second kappa shape index (κ2) is 9.18. The molecule has 10 heteroatoms. The van der Waals surface area contributed by atoms with Crippen LogP contribution in [0.2, 0.25) is 0 Å². The van der Waals surface area contributed by atoms with Gasteiger partial charge in [0, 0.05) is 0 Å². The second-order valence-electron chi connectivity index (χ2n) is 5.51. The summed E-state index contributed by atoms with van der Waals surface area (Å²) < 4.78 is 10.4. The predicted octanol–water partition coefficient (Wildman–Crippen LogP) is -4.34. The zero-order chi connectivity index (χ0) is 17.7. The summed E-state index contributed by atoms with van der Waals surface area (Å²) in [6.07, 6.45) is -13.6. The molecule has 0 radical (unpaired) electrons. The maximum absolute atomic E-state index is 9.94. The van der Waals surface area contributed by atoms with Gasteiger partial charge < -0.3 is 50.3 Å². The minimum Gasteiger partial charge on any atom is -0.394 e. The van der Waals surface area contributed by atoms with Gasteiger partial charge in [0.1, 0.15) is 42.7 Å². The van der Waals surface area contributed by atoms with Crippen LogP contribution in [-0.4, -0.2) is 109 Å². The van der Waals surface area contributed by atoms with Gasteiger partial charge in [-0.25, -0.2) is 0 Å². The maximum atomic E-state index is 9.94. The van der Waals surface area contributed by atoms with Crippen molar-refractivity contribution in [2.24, 2.45) is 0 Å². The smallest absolute Gasteiger partial charge is 0.187 e. The number of hydrogen-bond donors (Lipinski definition) is 8. The molecule has 2 unspecified atom stereocenters. The first-order valence-corrected chi connectivity index (χ1v) is 7.39. The van der Waals surface area contributed by atoms with E-state index in [1.54, 1.807) is 6.92 Å². The Labute approximate surface area is 133 Å². The summed E-state index contributed by atoms with van der Waals surface area (Å²) in [6, 6.07) is 0. The minimum absolute atomic E-state index is 0.122. The van der Waals surface area contributed by atoms with Gasteiger partial charge >= 0.3 is 0 Å². The molecule has 1 heterocycles. The summed E-state index contributed by atoms with van der Waals surface area (Å²) in [6.45, 7) is 0.131. The van der Waals surface area contributed by atoms with E-state index >= 15 is 0 Å². The highest BCUT2D eigenvalue weighted by molar-refractivity contribution is 4.91. The first-order chi connectivity index (χ1) is 10.8. The van der Waals surface area contributed by atoms with Gasteiger partial charge in [-0.3, -0.25) is 0 Å². The molecule has 0 aromatic heterocycles. The fourth-order valence-corrected chi connectivity index (χ4v) is 2.29. The van der Waals surface area contributed by atoms with Gasteiger partial charge in [0.2, 0.25) is 0 Å². The lowest BCUT2D eigenvalue weighted by atomic mass is 9.98. The van der Waals surface area contributed by atoms with Crippen LogP contribution in [0.25, 0.3) is 0 Å². The molecule has 1 fully saturated rings. The van der Waals surface area contributed by atoms with Crippen LogP contribution in [0.4, 0.5) is 0 Å². The SMILES string of the molecule is CC[C@@H](O)[C@@H](O[C@H]1OC(CO)[C@@H](O)[C@@H](O)C1O)[C@H](O)[C@@H](O)CO. The van der Waals surface area contributed by atoms with Crippen LogP contribution in [-0.2, 0) is 9.47 Å². The highest BCUT2D eigenvalue weighted by Crippen LogP contribution is 2.25. The van der Waals surface area contributed by atoms with E-state index in [2.05, 4.69) is 0 Å². The Morgan fingerprint density at radius 1 is 0.957 bits per heavy atom. The molecule has 1 aliphatic rings. The number of aliphatic hydroxyl groups is 8. The standard InChI is InChI=1S/C13H26O10/c1-2-5(16)12(8(18)6(17)3-14)23-13-11(21)10(20)9(19)7(4-15)22-13/h5-21H,2-4H2,1H3/t5-,6+,7?,8-,9-,10-,11?,12-,13-/m1/s1. The Bertz CT molecular complexity index is 341. The molecular weight excluding hydrogens is 316 g/mol. The molecular formula is C13H26O10. The van der Waals surface area contributed by atoms with Gasteiger partial charge in [-0.05, 0) is 6.42 Å². The summed E-state index contributed by atoms with van der Waals surface area (Å²) in [5.74, 6) is 0. The lowest BCUT2D eigenvalue weighted by Crippen LogP contribution is -2.61.